The summed E-state index contributed by atoms with van der Waals surface area (Å²) in [7, 11) is 1.62. The van der Waals surface area contributed by atoms with Gasteiger partial charge in [-0.05, 0) is 30.2 Å². The van der Waals surface area contributed by atoms with Gasteiger partial charge in [0.2, 0.25) is 5.91 Å². The van der Waals surface area contributed by atoms with E-state index in [4.69, 9.17) is 10.5 Å². The molecule has 0 aliphatic rings. The highest BCUT2D eigenvalue weighted by Gasteiger charge is 2.18. The number of ether oxygens (including phenoxy) is 1. The van der Waals surface area contributed by atoms with Gasteiger partial charge >= 0.3 is 0 Å². The SMILES string of the molecule is COc1ccc([C@H](C)NC(=O)[C@H](N)c2ccccc2)cc1. The molecule has 0 fully saturated rings. The highest BCUT2D eigenvalue weighted by molar-refractivity contribution is 5.83. The van der Waals surface area contributed by atoms with Crippen LogP contribution in [0.3, 0.4) is 0 Å². The second-order valence-corrected chi connectivity index (χ2v) is 4.89. The van der Waals surface area contributed by atoms with Gasteiger partial charge in [-0.25, -0.2) is 0 Å². The van der Waals surface area contributed by atoms with Crippen LogP contribution in [0.15, 0.2) is 54.6 Å². The Bertz CT molecular complexity index is 581. The molecule has 2 aromatic carbocycles. The summed E-state index contributed by atoms with van der Waals surface area (Å²) in [5, 5.41) is 2.93. The monoisotopic (exact) mass is 284 g/mol. The van der Waals surface area contributed by atoms with E-state index >= 15 is 0 Å². The Kier molecular flexibility index (Phi) is 4.95. The molecule has 4 heteroatoms. The molecule has 110 valence electrons. The van der Waals surface area contributed by atoms with Gasteiger partial charge in [0.15, 0.2) is 0 Å². The zero-order chi connectivity index (χ0) is 15.2. The molecule has 0 saturated carbocycles. The van der Waals surface area contributed by atoms with Crippen molar-refractivity contribution in [3.63, 3.8) is 0 Å². The average Bonchev–Trinajstić information content (AvgIpc) is 2.55. The van der Waals surface area contributed by atoms with Crippen molar-refractivity contribution in [2.24, 2.45) is 5.73 Å². The lowest BCUT2D eigenvalue weighted by Crippen LogP contribution is -2.35. The van der Waals surface area contributed by atoms with Crippen molar-refractivity contribution in [3.05, 3.63) is 65.7 Å². The topological polar surface area (TPSA) is 64.3 Å². The zero-order valence-electron chi connectivity index (χ0n) is 12.2. The smallest absolute Gasteiger partial charge is 0.241 e. The van der Waals surface area contributed by atoms with Gasteiger partial charge in [0.05, 0.1) is 13.2 Å². The maximum atomic E-state index is 12.2. The largest absolute Gasteiger partial charge is 0.497 e. The molecule has 0 bridgehead atoms. The molecule has 0 heterocycles. The molecular formula is C17H20N2O2. The Morgan fingerprint density at radius 3 is 2.24 bits per heavy atom. The van der Waals surface area contributed by atoms with Crippen molar-refractivity contribution in [3.8, 4) is 5.75 Å². The van der Waals surface area contributed by atoms with E-state index < -0.39 is 6.04 Å². The van der Waals surface area contributed by atoms with E-state index in [2.05, 4.69) is 5.32 Å². The first-order valence-corrected chi connectivity index (χ1v) is 6.86. The number of amides is 1. The van der Waals surface area contributed by atoms with Crippen LogP contribution in [0, 0.1) is 0 Å². The minimum atomic E-state index is -0.660. The molecule has 0 radical (unpaired) electrons. The van der Waals surface area contributed by atoms with Crippen molar-refractivity contribution in [1.29, 1.82) is 0 Å². The first kappa shape index (κ1) is 15.1. The second kappa shape index (κ2) is 6.90. The third-order valence-electron chi connectivity index (χ3n) is 3.42. The average molecular weight is 284 g/mol. The van der Waals surface area contributed by atoms with Gasteiger partial charge in [-0.15, -0.1) is 0 Å². The van der Waals surface area contributed by atoms with Crippen molar-refractivity contribution >= 4 is 5.91 Å². The van der Waals surface area contributed by atoms with E-state index in [9.17, 15) is 4.79 Å². The number of carbonyl (C=O) groups excluding carboxylic acids is 1. The molecule has 0 saturated heterocycles. The number of rotatable bonds is 5. The molecule has 2 rings (SSSR count). The third kappa shape index (κ3) is 3.83. The molecule has 21 heavy (non-hydrogen) atoms. The van der Waals surface area contributed by atoms with Crippen LogP contribution < -0.4 is 15.8 Å². The molecule has 3 N–H and O–H groups in total. The number of nitrogens with one attached hydrogen (secondary N) is 1. The normalized spacial score (nSPS) is 13.3. The highest BCUT2D eigenvalue weighted by atomic mass is 16.5. The molecular weight excluding hydrogens is 264 g/mol. The fraction of sp³-hybridized carbons (Fsp3) is 0.235. The van der Waals surface area contributed by atoms with Gasteiger partial charge in [0.25, 0.3) is 0 Å². The molecule has 2 aromatic rings. The van der Waals surface area contributed by atoms with Crippen LogP contribution in [0.5, 0.6) is 5.75 Å². The molecule has 0 aliphatic carbocycles. The summed E-state index contributed by atoms with van der Waals surface area (Å²) in [6.45, 7) is 1.93. The lowest BCUT2D eigenvalue weighted by Gasteiger charge is -2.18. The number of hydrogen-bond donors (Lipinski definition) is 2. The van der Waals surface area contributed by atoms with E-state index in [-0.39, 0.29) is 11.9 Å². The first-order chi connectivity index (χ1) is 10.1. The molecule has 4 nitrogen and oxygen atoms in total. The second-order valence-electron chi connectivity index (χ2n) is 4.89. The van der Waals surface area contributed by atoms with E-state index in [0.717, 1.165) is 16.9 Å². The van der Waals surface area contributed by atoms with E-state index in [0.29, 0.717) is 0 Å². The van der Waals surface area contributed by atoms with Crippen LogP contribution in [0.25, 0.3) is 0 Å². The van der Waals surface area contributed by atoms with E-state index in [1.54, 1.807) is 7.11 Å². The summed E-state index contributed by atoms with van der Waals surface area (Å²) in [6.07, 6.45) is 0. The third-order valence-corrected chi connectivity index (χ3v) is 3.42. The molecule has 0 aliphatic heterocycles. The number of methoxy groups -OCH3 is 1. The van der Waals surface area contributed by atoms with Crippen LogP contribution >= 0.6 is 0 Å². The molecule has 2 atom stereocenters. The van der Waals surface area contributed by atoms with Crippen LogP contribution in [0.4, 0.5) is 0 Å². The zero-order valence-corrected chi connectivity index (χ0v) is 12.2. The van der Waals surface area contributed by atoms with E-state index in [1.165, 1.54) is 0 Å². The molecule has 0 aromatic heterocycles. The van der Waals surface area contributed by atoms with Crippen LogP contribution in [0.1, 0.15) is 30.1 Å². The minimum Gasteiger partial charge on any atom is -0.497 e. The van der Waals surface area contributed by atoms with Gasteiger partial charge in [0, 0.05) is 0 Å². The number of hydrogen-bond acceptors (Lipinski definition) is 3. The van der Waals surface area contributed by atoms with E-state index in [1.807, 2.05) is 61.5 Å². The van der Waals surface area contributed by atoms with Crippen molar-refractivity contribution < 1.29 is 9.53 Å². The first-order valence-electron chi connectivity index (χ1n) is 6.86. The number of benzene rings is 2. The standard InChI is InChI=1S/C17H20N2O2/c1-12(13-8-10-15(21-2)11-9-13)19-17(20)16(18)14-6-4-3-5-7-14/h3-12,16H,18H2,1-2H3,(H,19,20)/t12-,16+/m0/s1. The van der Waals surface area contributed by atoms with Gasteiger partial charge in [-0.2, -0.15) is 0 Å². The van der Waals surface area contributed by atoms with Gasteiger partial charge in [-0.3, -0.25) is 4.79 Å². The molecule has 1 amide bonds. The van der Waals surface area contributed by atoms with Gasteiger partial charge in [-0.1, -0.05) is 42.5 Å². The lowest BCUT2D eigenvalue weighted by atomic mass is 10.0. The number of carbonyl (C=O) groups is 1. The van der Waals surface area contributed by atoms with Crippen LogP contribution in [0.2, 0.25) is 0 Å². The van der Waals surface area contributed by atoms with Gasteiger partial charge < -0.3 is 15.8 Å². The Hall–Kier alpha value is -2.33. The fourth-order valence-electron chi connectivity index (χ4n) is 2.09. The molecule has 0 spiro atoms. The predicted octanol–water partition coefficient (Wildman–Crippen LogP) is 2.57. The predicted molar refractivity (Wildman–Crippen MR) is 82.9 cm³/mol. The van der Waals surface area contributed by atoms with Crippen LogP contribution in [-0.4, -0.2) is 13.0 Å². The highest BCUT2D eigenvalue weighted by Crippen LogP contribution is 2.18. The summed E-state index contributed by atoms with van der Waals surface area (Å²) in [4.78, 5) is 12.2. The summed E-state index contributed by atoms with van der Waals surface area (Å²) >= 11 is 0. The maximum Gasteiger partial charge on any atom is 0.241 e. The Morgan fingerprint density at radius 2 is 1.67 bits per heavy atom. The Labute approximate surface area is 124 Å². The summed E-state index contributed by atoms with van der Waals surface area (Å²) < 4.78 is 5.12. The number of nitrogens with two attached hydrogens (primary N) is 1. The minimum absolute atomic E-state index is 0.113. The Balaban J connectivity index is 2.01. The quantitative estimate of drug-likeness (QED) is 0.887. The van der Waals surface area contributed by atoms with Crippen LogP contribution in [-0.2, 0) is 4.79 Å². The summed E-state index contributed by atoms with van der Waals surface area (Å²) in [5.74, 6) is 0.600. The summed E-state index contributed by atoms with van der Waals surface area (Å²) in [5.41, 5.74) is 7.79. The Morgan fingerprint density at radius 1 is 1.05 bits per heavy atom. The van der Waals surface area contributed by atoms with Crippen molar-refractivity contribution in [2.45, 2.75) is 19.0 Å². The van der Waals surface area contributed by atoms with Crippen molar-refractivity contribution in [2.75, 3.05) is 7.11 Å². The molecule has 0 unspecified atom stereocenters. The summed E-state index contributed by atoms with van der Waals surface area (Å²) in [6, 6.07) is 16.2. The maximum absolute atomic E-state index is 12.2. The lowest BCUT2D eigenvalue weighted by molar-refractivity contribution is -0.123. The fourth-order valence-corrected chi connectivity index (χ4v) is 2.09. The van der Waals surface area contributed by atoms with Crippen molar-refractivity contribution in [1.82, 2.24) is 5.32 Å². The van der Waals surface area contributed by atoms with Gasteiger partial charge in [0.1, 0.15) is 11.8 Å².